The van der Waals surface area contributed by atoms with Crippen molar-refractivity contribution < 1.29 is 19.1 Å². The Kier molecular flexibility index (Phi) is 6.64. The molecule has 1 N–H and O–H groups in total. The van der Waals surface area contributed by atoms with Crippen LogP contribution in [-0.4, -0.2) is 24.6 Å². The van der Waals surface area contributed by atoms with Gasteiger partial charge in [0.2, 0.25) is 0 Å². The number of nitrogens with one attached hydrogen (secondary N) is 1. The van der Waals surface area contributed by atoms with Gasteiger partial charge in [0.1, 0.15) is 5.75 Å². The molecule has 0 heterocycles. The third-order valence-corrected chi connectivity index (χ3v) is 4.02. The molecule has 1 atom stereocenters. The molecule has 0 unspecified atom stereocenters. The first-order valence-corrected chi connectivity index (χ1v) is 8.60. The van der Waals surface area contributed by atoms with E-state index in [1.165, 1.54) is 6.92 Å². The summed E-state index contributed by atoms with van der Waals surface area (Å²) < 4.78 is 10.4. The van der Waals surface area contributed by atoms with E-state index in [0.29, 0.717) is 10.8 Å². The second-order valence-electron chi connectivity index (χ2n) is 6.14. The van der Waals surface area contributed by atoms with Gasteiger partial charge in [-0.15, -0.1) is 0 Å². The molecule has 0 aliphatic heterocycles. The third-order valence-electron chi connectivity index (χ3n) is 3.77. The summed E-state index contributed by atoms with van der Waals surface area (Å²) in [6.07, 6.45) is -0.934. The number of carbonyl (C=O) groups is 2. The van der Waals surface area contributed by atoms with Crippen molar-refractivity contribution in [2.24, 2.45) is 0 Å². The lowest BCUT2D eigenvalue weighted by molar-refractivity contribution is -0.155. The van der Waals surface area contributed by atoms with Crippen molar-refractivity contribution >= 4 is 29.2 Å². The predicted molar refractivity (Wildman–Crippen MR) is 102 cm³/mol. The average Bonchev–Trinajstić information content (AvgIpc) is 2.57. The second-order valence-corrected chi connectivity index (χ2v) is 6.57. The maximum absolute atomic E-state index is 12.3. The first kappa shape index (κ1) is 19.8. The largest absolute Gasteiger partial charge is 0.482 e. The van der Waals surface area contributed by atoms with Gasteiger partial charge in [0.15, 0.2) is 12.7 Å². The Morgan fingerprint density at radius 1 is 1.08 bits per heavy atom. The topological polar surface area (TPSA) is 64.6 Å². The van der Waals surface area contributed by atoms with Crippen LogP contribution in [0.3, 0.4) is 0 Å². The van der Waals surface area contributed by atoms with Crippen LogP contribution in [0.25, 0.3) is 0 Å². The minimum Gasteiger partial charge on any atom is -0.482 e. The van der Waals surface area contributed by atoms with Gasteiger partial charge >= 0.3 is 5.97 Å². The van der Waals surface area contributed by atoms with E-state index >= 15 is 0 Å². The van der Waals surface area contributed by atoms with Gasteiger partial charge in [0, 0.05) is 10.7 Å². The molecule has 26 heavy (non-hydrogen) atoms. The molecule has 6 heteroatoms. The molecule has 2 aromatic carbocycles. The number of amides is 1. The molecular weight excluding hydrogens is 354 g/mol. The normalized spacial score (nSPS) is 11.6. The lowest BCUT2D eigenvalue weighted by Gasteiger charge is -2.17. The highest BCUT2D eigenvalue weighted by molar-refractivity contribution is 6.30. The summed E-state index contributed by atoms with van der Waals surface area (Å²) in [6, 6.07) is 10.6. The Morgan fingerprint density at radius 2 is 1.65 bits per heavy atom. The zero-order valence-electron chi connectivity index (χ0n) is 15.3. The van der Waals surface area contributed by atoms with Gasteiger partial charge in [-0.05, 0) is 63.1 Å². The van der Waals surface area contributed by atoms with E-state index in [-0.39, 0.29) is 12.5 Å². The van der Waals surface area contributed by atoms with E-state index in [0.717, 1.165) is 22.4 Å². The summed E-state index contributed by atoms with van der Waals surface area (Å²) in [4.78, 5) is 24.2. The fraction of sp³-hybridized carbons (Fsp3) is 0.300. The molecule has 0 radical (unpaired) electrons. The summed E-state index contributed by atoms with van der Waals surface area (Å²) in [5, 5.41) is 3.40. The number of benzene rings is 2. The number of esters is 1. The number of hydrogen-bond acceptors (Lipinski definition) is 4. The molecule has 0 spiro atoms. The SMILES string of the molecule is Cc1cc(C)c(NC(=O)[C@H](C)OC(=O)COc2ccc(Cl)cc2)c(C)c1. The lowest BCUT2D eigenvalue weighted by Crippen LogP contribution is -2.32. The van der Waals surface area contributed by atoms with Gasteiger partial charge in [0.25, 0.3) is 5.91 Å². The second kappa shape index (κ2) is 8.72. The first-order chi connectivity index (χ1) is 12.3. The van der Waals surface area contributed by atoms with Crippen molar-refractivity contribution in [1.29, 1.82) is 0 Å². The van der Waals surface area contributed by atoms with E-state index in [1.54, 1.807) is 24.3 Å². The first-order valence-electron chi connectivity index (χ1n) is 8.23. The van der Waals surface area contributed by atoms with E-state index in [9.17, 15) is 9.59 Å². The molecule has 0 aliphatic carbocycles. The standard InChI is InChI=1S/C20H22ClNO4/c1-12-9-13(2)19(14(3)10-12)22-20(24)15(4)26-18(23)11-25-17-7-5-16(21)6-8-17/h5-10,15H,11H2,1-4H3,(H,22,24)/t15-/m0/s1. The maximum atomic E-state index is 12.3. The summed E-state index contributed by atoms with van der Waals surface area (Å²) in [5.74, 6) is -0.519. The molecule has 0 fully saturated rings. The molecule has 0 aromatic heterocycles. The van der Waals surface area contributed by atoms with Crippen LogP contribution in [0.5, 0.6) is 5.75 Å². The molecule has 0 saturated heterocycles. The average molecular weight is 376 g/mol. The fourth-order valence-corrected chi connectivity index (χ4v) is 2.69. The zero-order valence-corrected chi connectivity index (χ0v) is 16.0. The summed E-state index contributed by atoms with van der Waals surface area (Å²) >= 11 is 5.78. The molecule has 1 amide bonds. The molecule has 138 valence electrons. The quantitative estimate of drug-likeness (QED) is 0.768. The zero-order chi connectivity index (χ0) is 19.3. The Labute approximate surface area is 158 Å². The minimum absolute atomic E-state index is 0.290. The summed E-state index contributed by atoms with van der Waals surface area (Å²) in [5.41, 5.74) is 3.78. The van der Waals surface area contributed by atoms with Crippen LogP contribution in [0.2, 0.25) is 5.02 Å². The maximum Gasteiger partial charge on any atom is 0.344 e. The highest BCUT2D eigenvalue weighted by Gasteiger charge is 2.19. The van der Waals surface area contributed by atoms with E-state index < -0.39 is 12.1 Å². The van der Waals surface area contributed by atoms with Crippen LogP contribution in [0.15, 0.2) is 36.4 Å². The Morgan fingerprint density at radius 3 is 2.23 bits per heavy atom. The van der Waals surface area contributed by atoms with E-state index in [4.69, 9.17) is 21.1 Å². The molecule has 0 aliphatic rings. The van der Waals surface area contributed by atoms with Crippen LogP contribution in [-0.2, 0) is 14.3 Å². The van der Waals surface area contributed by atoms with Gasteiger partial charge in [-0.3, -0.25) is 4.79 Å². The number of hydrogen-bond donors (Lipinski definition) is 1. The number of halogens is 1. The van der Waals surface area contributed by atoms with Crippen molar-refractivity contribution in [2.75, 3.05) is 11.9 Å². The van der Waals surface area contributed by atoms with Crippen molar-refractivity contribution in [3.05, 3.63) is 58.1 Å². The molecule has 2 rings (SSSR count). The van der Waals surface area contributed by atoms with Gasteiger partial charge in [-0.1, -0.05) is 29.3 Å². The monoisotopic (exact) mass is 375 g/mol. The highest BCUT2D eigenvalue weighted by Crippen LogP contribution is 2.22. The summed E-state index contributed by atoms with van der Waals surface area (Å²) in [7, 11) is 0. The molecule has 2 aromatic rings. The minimum atomic E-state index is -0.934. The van der Waals surface area contributed by atoms with Gasteiger partial charge in [-0.25, -0.2) is 4.79 Å². The Balaban J connectivity index is 1.88. The van der Waals surface area contributed by atoms with Crippen LogP contribution in [0, 0.1) is 20.8 Å². The van der Waals surface area contributed by atoms with Gasteiger partial charge in [0.05, 0.1) is 0 Å². The highest BCUT2D eigenvalue weighted by atomic mass is 35.5. The van der Waals surface area contributed by atoms with Crippen LogP contribution in [0.4, 0.5) is 5.69 Å². The Bertz CT molecular complexity index is 779. The van der Waals surface area contributed by atoms with Crippen LogP contribution >= 0.6 is 11.6 Å². The smallest absolute Gasteiger partial charge is 0.344 e. The third kappa shape index (κ3) is 5.49. The number of ether oxygens (including phenoxy) is 2. The molecular formula is C20H22ClNO4. The molecule has 0 bridgehead atoms. The number of rotatable bonds is 6. The Hall–Kier alpha value is -2.53. The molecule has 0 saturated carbocycles. The number of carbonyl (C=O) groups excluding carboxylic acids is 2. The van der Waals surface area contributed by atoms with Crippen molar-refractivity contribution in [1.82, 2.24) is 0 Å². The predicted octanol–water partition coefficient (Wildman–Crippen LogP) is 4.21. The van der Waals surface area contributed by atoms with Crippen molar-refractivity contribution in [2.45, 2.75) is 33.8 Å². The van der Waals surface area contributed by atoms with Gasteiger partial charge < -0.3 is 14.8 Å². The van der Waals surface area contributed by atoms with Crippen LogP contribution < -0.4 is 10.1 Å². The molecule has 5 nitrogen and oxygen atoms in total. The number of aryl methyl sites for hydroxylation is 3. The van der Waals surface area contributed by atoms with Crippen LogP contribution in [0.1, 0.15) is 23.6 Å². The van der Waals surface area contributed by atoms with Gasteiger partial charge in [-0.2, -0.15) is 0 Å². The van der Waals surface area contributed by atoms with E-state index in [1.807, 2.05) is 32.9 Å². The fourth-order valence-electron chi connectivity index (χ4n) is 2.56. The lowest BCUT2D eigenvalue weighted by atomic mass is 10.0. The van der Waals surface area contributed by atoms with E-state index in [2.05, 4.69) is 5.32 Å². The van der Waals surface area contributed by atoms with Crippen molar-refractivity contribution in [3.8, 4) is 5.75 Å². The number of anilines is 1. The summed E-state index contributed by atoms with van der Waals surface area (Å²) in [6.45, 7) is 7.07. The van der Waals surface area contributed by atoms with Crippen molar-refractivity contribution in [3.63, 3.8) is 0 Å².